The molecule has 106 valence electrons. The van der Waals surface area contributed by atoms with Gasteiger partial charge in [-0.15, -0.1) is 11.8 Å². The Bertz CT molecular complexity index is 568. The molecule has 1 aromatic heterocycles. The number of nitrogens with two attached hydrogens (primary N) is 1. The van der Waals surface area contributed by atoms with Crippen molar-refractivity contribution in [3.8, 4) is 0 Å². The standard InChI is InChI=1S/C8H7F2NO.C6H7NS/c1-4-6(9)2-5(8(11)12)3-7(4)10;1-8-6-3-2-4-7-5-6/h2-3H,1H3,(H2,11,12);2-5H,1H3. The molecular formula is C14H14F2N2OS. The van der Waals surface area contributed by atoms with Crippen molar-refractivity contribution in [1.29, 1.82) is 0 Å². The first-order valence-corrected chi connectivity index (χ1v) is 6.87. The molecule has 0 aliphatic carbocycles. The van der Waals surface area contributed by atoms with Gasteiger partial charge in [0.05, 0.1) is 0 Å². The van der Waals surface area contributed by atoms with Gasteiger partial charge in [-0.3, -0.25) is 9.78 Å². The number of carbonyl (C=O) groups is 1. The maximum Gasteiger partial charge on any atom is 0.248 e. The fourth-order valence-corrected chi connectivity index (χ4v) is 1.64. The molecule has 1 aromatic carbocycles. The third-order valence-corrected chi connectivity index (χ3v) is 3.15. The van der Waals surface area contributed by atoms with Crippen molar-refractivity contribution in [2.45, 2.75) is 11.8 Å². The quantitative estimate of drug-likeness (QED) is 0.866. The second-order valence-electron chi connectivity index (χ2n) is 3.82. The first kappa shape index (κ1) is 16.1. The molecule has 0 unspecified atom stereocenters. The molecule has 0 atom stereocenters. The summed E-state index contributed by atoms with van der Waals surface area (Å²) < 4.78 is 25.5. The van der Waals surface area contributed by atoms with E-state index in [0.29, 0.717) is 0 Å². The molecule has 0 saturated carbocycles. The van der Waals surface area contributed by atoms with E-state index in [2.05, 4.69) is 4.98 Å². The molecule has 0 bridgehead atoms. The average molecular weight is 296 g/mol. The summed E-state index contributed by atoms with van der Waals surface area (Å²) in [5.41, 5.74) is 4.56. The summed E-state index contributed by atoms with van der Waals surface area (Å²) in [6.07, 6.45) is 5.67. The normalized spacial score (nSPS) is 9.60. The monoisotopic (exact) mass is 296 g/mol. The number of pyridine rings is 1. The Labute approximate surface area is 120 Å². The van der Waals surface area contributed by atoms with E-state index in [0.717, 1.165) is 12.1 Å². The Morgan fingerprint density at radius 1 is 1.30 bits per heavy atom. The van der Waals surface area contributed by atoms with Crippen LogP contribution in [-0.2, 0) is 0 Å². The summed E-state index contributed by atoms with van der Waals surface area (Å²) in [4.78, 5) is 15.7. The lowest BCUT2D eigenvalue weighted by Gasteiger charge is -2.00. The number of benzene rings is 1. The minimum atomic E-state index is -0.840. The van der Waals surface area contributed by atoms with Crippen LogP contribution in [0.1, 0.15) is 15.9 Å². The number of hydrogen-bond donors (Lipinski definition) is 1. The second kappa shape index (κ2) is 7.59. The molecule has 0 saturated heterocycles. The highest BCUT2D eigenvalue weighted by atomic mass is 32.2. The van der Waals surface area contributed by atoms with Gasteiger partial charge in [0.1, 0.15) is 11.6 Å². The molecule has 3 nitrogen and oxygen atoms in total. The minimum absolute atomic E-state index is 0.111. The largest absolute Gasteiger partial charge is 0.366 e. The van der Waals surface area contributed by atoms with Crippen LogP contribution in [0.2, 0.25) is 0 Å². The van der Waals surface area contributed by atoms with E-state index >= 15 is 0 Å². The Hall–Kier alpha value is -1.95. The molecule has 0 spiro atoms. The first-order valence-electron chi connectivity index (χ1n) is 5.65. The lowest BCUT2D eigenvalue weighted by Crippen LogP contribution is -2.12. The van der Waals surface area contributed by atoms with Crippen LogP contribution in [0.15, 0.2) is 41.6 Å². The molecule has 0 aliphatic heterocycles. The van der Waals surface area contributed by atoms with Crippen molar-refractivity contribution in [1.82, 2.24) is 4.98 Å². The van der Waals surface area contributed by atoms with E-state index in [-0.39, 0.29) is 11.1 Å². The lowest BCUT2D eigenvalue weighted by atomic mass is 10.1. The maximum absolute atomic E-state index is 12.8. The molecule has 0 radical (unpaired) electrons. The molecule has 2 rings (SSSR count). The summed E-state index contributed by atoms with van der Waals surface area (Å²) in [7, 11) is 0. The molecule has 20 heavy (non-hydrogen) atoms. The van der Waals surface area contributed by atoms with Crippen LogP contribution in [0.3, 0.4) is 0 Å². The smallest absolute Gasteiger partial charge is 0.248 e. The fraction of sp³-hybridized carbons (Fsp3) is 0.143. The van der Waals surface area contributed by atoms with Gasteiger partial charge in [-0.1, -0.05) is 0 Å². The molecule has 2 aromatic rings. The van der Waals surface area contributed by atoms with Crippen molar-refractivity contribution >= 4 is 17.7 Å². The lowest BCUT2D eigenvalue weighted by molar-refractivity contribution is 0.0999. The zero-order valence-electron chi connectivity index (χ0n) is 11.1. The van der Waals surface area contributed by atoms with E-state index < -0.39 is 17.5 Å². The van der Waals surface area contributed by atoms with Crippen molar-refractivity contribution in [2.75, 3.05) is 6.26 Å². The van der Waals surface area contributed by atoms with Crippen LogP contribution in [0.4, 0.5) is 8.78 Å². The van der Waals surface area contributed by atoms with Crippen LogP contribution >= 0.6 is 11.8 Å². The van der Waals surface area contributed by atoms with E-state index in [4.69, 9.17) is 5.73 Å². The topological polar surface area (TPSA) is 56.0 Å². The van der Waals surface area contributed by atoms with E-state index in [9.17, 15) is 13.6 Å². The van der Waals surface area contributed by atoms with Crippen molar-refractivity contribution in [2.24, 2.45) is 5.73 Å². The third-order valence-electron chi connectivity index (χ3n) is 2.44. The Morgan fingerprint density at radius 3 is 2.25 bits per heavy atom. The van der Waals surface area contributed by atoms with E-state index in [1.165, 1.54) is 11.8 Å². The van der Waals surface area contributed by atoms with Gasteiger partial charge in [0.2, 0.25) is 5.91 Å². The molecule has 0 fully saturated rings. The third kappa shape index (κ3) is 4.62. The van der Waals surface area contributed by atoms with Crippen LogP contribution in [0.25, 0.3) is 0 Å². The van der Waals surface area contributed by atoms with Gasteiger partial charge in [-0.2, -0.15) is 0 Å². The highest BCUT2D eigenvalue weighted by Crippen LogP contribution is 2.13. The van der Waals surface area contributed by atoms with Crippen LogP contribution in [-0.4, -0.2) is 17.1 Å². The number of hydrogen-bond acceptors (Lipinski definition) is 3. The van der Waals surface area contributed by atoms with Gasteiger partial charge in [-0.05, 0) is 37.4 Å². The summed E-state index contributed by atoms with van der Waals surface area (Å²) in [6, 6.07) is 5.81. The van der Waals surface area contributed by atoms with Crippen LogP contribution in [0, 0.1) is 18.6 Å². The van der Waals surface area contributed by atoms with E-state index in [1.54, 1.807) is 18.0 Å². The number of halogens is 2. The zero-order chi connectivity index (χ0) is 15.1. The predicted molar refractivity (Wildman–Crippen MR) is 75.6 cm³/mol. The highest BCUT2D eigenvalue weighted by Gasteiger charge is 2.09. The molecule has 0 aliphatic rings. The number of aromatic nitrogens is 1. The predicted octanol–water partition coefficient (Wildman–Crippen LogP) is 3.18. The molecule has 2 N–H and O–H groups in total. The fourth-order valence-electron chi connectivity index (χ4n) is 1.26. The summed E-state index contributed by atoms with van der Waals surface area (Å²) >= 11 is 1.71. The summed E-state index contributed by atoms with van der Waals surface area (Å²) in [5.74, 6) is -2.36. The molecular weight excluding hydrogens is 282 g/mol. The Balaban J connectivity index is 0.000000217. The number of rotatable bonds is 2. The van der Waals surface area contributed by atoms with Crippen molar-refractivity contribution in [3.63, 3.8) is 0 Å². The van der Waals surface area contributed by atoms with Gasteiger partial charge in [0, 0.05) is 28.4 Å². The van der Waals surface area contributed by atoms with Gasteiger partial charge < -0.3 is 5.73 Å². The molecule has 6 heteroatoms. The highest BCUT2D eigenvalue weighted by molar-refractivity contribution is 7.98. The number of thioether (sulfide) groups is 1. The number of nitrogens with zero attached hydrogens (tertiary/aromatic N) is 1. The Kier molecular flexibility index (Phi) is 6.11. The number of amides is 1. The van der Waals surface area contributed by atoms with Gasteiger partial charge in [0.25, 0.3) is 0 Å². The minimum Gasteiger partial charge on any atom is -0.366 e. The van der Waals surface area contributed by atoms with Crippen LogP contribution in [0.5, 0.6) is 0 Å². The number of carbonyl (C=O) groups excluding carboxylic acids is 1. The SMILES string of the molecule is CSc1cccnc1.Cc1c(F)cc(C(N)=O)cc1F. The zero-order valence-corrected chi connectivity index (χ0v) is 11.9. The van der Waals surface area contributed by atoms with Gasteiger partial charge >= 0.3 is 0 Å². The average Bonchev–Trinajstić information content (AvgIpc) is 2.45. The van der Waals surface area contributed by atoms with Crippen LogP contribution < -0.4 is 5.73 Å². The summed E-state index contributed by atoms with van der Waals surface area (Å²) in [5, 5.41) is 0. The maximum atomic E-state index is 12.8. The second-order valence-corrected chi connectivity index (χ2v) is 4.70. The Morgan fingerprint density at radius 2 is 1.90 bits per heavy atom. The summed E-state index contributed by atoms with van der Waals surface area (Å²) in [6.45, 7) is 1.29. The number of primary amides is 1. The first-order chi connectivity index (χ1) is 9.45. The van der Waals surface area contributed by atoms with Gasteiger partial charge in [-0.25, -0.2) is 8.78 Å². The van der Waals surface area contributed by atoms with Gasteiger partial charge in [0.15, 0.2) is 0 Å². The van der Waals surface area contributed by atoms with Crippen molar-refractivity contribution in [3.05, 3.63) is 59.4 Å². The van der Waals surface area contributed by atoms with E-state index in [1.807, 2.05) is 24.6 Å². The van der Waals surface area contributed by atoms with Crippen molar-refractivity contribution < 1.29 is 13.6 Å². The molecule has 1 heterocycles. The molecule has 1 amide bonds.